The molecule has 33 valence electrons. The Labute approximate surface area is 56.6 Å². The quantitative estimate of drug-likeness (QED) is 0.316. The van der Waals surface area contributed by atoms with E-state index in [1.807, 2.05) is 0 Å². The second-order valence-corrected chi connectivity index (χ2v) is 0.408. The number of methoxy groups -OCH3 is 1. The van der Waals surface area contributed by atoms with Crippen molar-refractivity contribution in [2.75, 3.05) is 14.2 Å². The van der Waals surface area contributed by atoms with Crippen molar-refractivity contribution in [2.45, 2.75) is 0 Å². The predicted molar refractivity (Wildman–Crippen MR) is 14.0 cm³/mol. The maximum Gasteiger partial charge on any atom is 1.00 e. The zero-order chi connectivity index (χ0) is 2.71. The summed E-state index contributed by atoms with van der Waals surface area (Å²) in [4.78, 5) is 0. The minimum atomic E-state index is 0. The van der Waals surface area contributed by atoms with Gasteiger partial charge in [-0.2, -0.15) is 0 Å². The smallest absolute Gasteiger partial charge is 1.00 e. The summed E-state index contributed by atoms with van der Waals surface area (Å²) in [6.07, 6.45) is 0. The number of hydrogen-bond donors (Lipinski definition) is 0. The molecule has 0 bridgehead atoms. The van der Waals surface area contributed by atoms with Crippen LogP contribution in [0.2, 0.25) is 0 Å². The normalized spacial score (nSPS) is 3.60. The van der Waals surface area contributed by atoms with Crippen molar-refractivity contribution < 1.29 is 42.1 Å². The fourth-order valence-corrected chi connectivity index (χ4v) is 0. The largest absolute Gasteiger partial charge is 1.00 e. The standard InChI is InChI=1S/C2H6O.Cu.Li.H/c1-3-2;;;/h1-2H3;;;/q;;+1;-1. The maximum absolute atomic E-state index is 4.25. The van der Waals surface area contributed by atoms with Crippen LogP contribution >= 0.6 is 0 Å². The molecule has 0 saturated carbocycles. The Hall–Kier alpha value is 1.08. The monoisotopic (exact) mass is 117 g/mol. The molecule has 0 atom stereocenters. The Morgan fingerprint density at radius 2 is 1.40 bits per heavy atom. The molecular formula is C2H7CuLiO. The van der Waals surface area contributed by atoms with Gasteiger partial charge < -0.3 is 6.16 Å². The van der Waals surface area contributed by atoms with Crippen LogP contribution in [-0.2, 0) is 21.8 Å². The van der Waals surface area contributed by atoms with Crippen LogP contribution in [0.1, 0.15) is 1.43 Å². The van der Waals surface area contributed by atoms with Crippen molar-refractivity contribution in [3.8, 4) is 0 Å². The molecule has 0 heterocycles. The zero-order valence-electron chi connectivity index (χ0n) is 4.71. The van der Waals surface area contributed by atoms with Gasteiger partial charge >= 0.3 is 18.9 Å². The van der Waals surface area contributed by atoms with Crippen molar-refractivity contribution in [3.63, 3.8) is 0 Å². The molecule has 0 unspecified atom stereocenters. The summed E-state index contributed by atoms with van der Waals surface area (Å²) in [6, 6.07) is 0. The third kappa shape index (κ3) is 41.4. The first-order chi connectivity index (χ1) is 1.41. The van der Waals surface area contributed by atoms with E-state index in [-0.39, 0.29) is 37.4 Å². The molecule has 1 radical (unpaired) electrons. The van der Waals surface area contributed by atoms with E-state index < -0.39 is 0 Å². The average Bonchev–Trinajstić information content (AvgIpc) is 0.918. The van der Waals surface area contributed by atoms with E-state index in [0.29, 0.717) is 0 Å². The van der Waals surface area contributed by atoms with Gasteiger partial charge in [-0.1, -0.05) is 0 Å². The third-order valence-electron chi connectivity index (χ3n) is 0. The second kappa shape index (κ2) is 19.6. The van der Waals surface area contributed by atoms with Gasteiger partial charge in [0, 0.05) is 31.3 Å². The van der Waals surface area contributed by atoms with Crippen LogP contribution < -0.4 is 18.9 Å². The van der Waals surface area contributed by atoms with Gasteiger partial charge in [0.2, 0.25) is 0 Å². The molecule has 0 N–H and O–H groups in total. The molecule has 0 aromatic rings. The second-order valence-electron chi connectivity index (χ2n) is 0.408. The summed E-state index contributed by atoms with van der Waals surface area (Å²) in [5, 5.41) is 0. The molecule has 0 aliphatic rings. The van der Waals surface area contributed by atoms with E-state index in [1.165, 1.54) is 0 Å². The van der Waals surface area contributed by atoms with Gasteiger partial charge in [-0.15, -0.1) is 0 Å². The average molecular weight is 118 g/mol. The van der Waals surface area contributed by atoms with Gasteiger partial charge in [0.05, 0.1) is 0 Å². The van der Waals surface area contributed by atoms with E-state index in [1.54, 1.807) is 14.2 Å². The third-order valence-corrected chi connectivity index (χ3v) is 0. The first kappa shape index (κ1) is 16.5. The van der Waals surface area contributed by atoms with E-state index in [0.717, 1.165) is 0 Å². The van der Waals surface area contributed by atoms with Gasteiger partial charge in [0.15, 0.2) is 0 Å². The zero-order valence-corrected chi connectivity index (χ0v) is 4.65. The molecule has 5 heavy (non-hydrogen) atoms. The van der Waals surface area contributed by atoms with Crippen LogP contribution in [0.5, 0.6) is 0 Å². The molecule has 0 aromatic heterocycles. The maximum atomic E-state index is 4.25. The summed E-state index contributed by atoms with van der Waals surface area (Å²) >= 11 is 0. The Morgan fingerprint density at radius 1 is 1.40 bits per heavy atom. The van der Waals surface area contributed by atoms with Gasteiger partial charge in [-0.25, -0.2) is 0 Å². The van der Waals surface area contributed by atoms with Crippen molar-refractivity contribution in [3.05, 3.63) is 0 Å². The fourth-order valence-electron chi connectivity index (χ4n) is 0. The molecule has 1 nitrogen and oxygen atoms in total. The molecule has 0 aliphatic heterocycles. The molecular weight excluding hydrogens is 111 g/mol. The molecule has 0 aliphatic carbocycles. The Bertz CT molecular complexity index is 13.5. The minimum absolute atomic E-state index is 0. The van der Waals surface area contributed by atoms with Gasteiger partial charge in [-0.3, -0.25) is 0 Å². The summed E-state index contributed by atoms with van der Waals surface area (Å²) < 4.78 is 4.25. The van der Waals surface area contributed by atoms with Crippen LogP contribution in [0.4, 0.5) is 0 Å². The van der Waals surface area contributed by atoms with Crippen LogP contribution in [0.15, 0.2) is 0 Å². The van der Waals surface area contributed by atoms with Crippen molar-refractivity contribution >= 4 is 0 Å². The Kier molecular flexibility index (Phi) is 64.7. The Morgan fingerprint density at radius 3 is 1.40 bits per heavy atom. The van der Waals surface area contributed by atoms with E-state index in [4.69, 9.17) is 0 Å². The first-order valence-electron chi connectivity index (χ1n) is 0.816. The van der Waals surface area contributed by atoms with Gasteiger partial charge in [0.1, 0.15) is 0 Å². The summed E-state index contributed by atoms with van der Waals surface area (Å²) in [5.74, 6) is 0. The Balaban J connectivity index is -0.00000000667. The van der Waals surface area contributed by atoms with E-state index >= 15 is 0 Å². The molecule has 3 heteroatoms. The fraction of sp³-hybridized carbons (Fsp3) is 1.00. The number of rotatable bonds is 0. The van der Waals surface area contributed by atoms with Crippen LogP contribution in [0.3, 0.4) is 0 Å². The van der Waals surface area contributed by atoms with Crippen molar-refractivity contribution in [2.24, 2.45) is 0 Å². The summed E-state index contributed by atoms with van der Waals surface area (Å²) in [5.41, 5.74) is 0. The van der Waals surface area contributed by atoms with Gasteiger partial charge in [0.25, 0.3) is 0 Å². The molecule has 0 spiro atoms. The predicted octanol–water partition coefficient (Wildman–Crippen LogP) is -2.62. The van der Waals surface area contributed by atoms with Crippen molar-refractivity contribution in [1.82, 2.24) is 0 Å². The van der Waals surface area contributed by atoms with E-state index in [2.05, 4.69) is 4.74 Å². The molecule has 0 amide bonds. The van der Waals surface area contributed by atoms with E-state index in [9.17, 15) is 0 Å². The van der Waals surface area contributed by atoms with Crippen molar-refractivity contribution in [1.29, 1.82) is 0 Å². The molecule has 0 rings (SSSR count). The van der Waals surface area contributed by atoms with Crippen LogP contribution in [0.25, 0.3) is 0 Å². The topological polar surface area (TPSA) is 9.23 Å². The first-order valence-corrected chi connectivity index (χ1v) is 0.816. The SMILES string of the molecule is COC.[Cu].[H-].[Li+]. The minimum Gasteiger partial charge on any atom is -1.00 e. The number of ether oxygens (including phenoxy) is 1. The van der Waals surface area contributed by atoms with Crippen LogP contribution in [0, 0.1) is 0 Å². The molecule has 0 aromatic carbocycles. The van der Waals surface area contributed by atoms with Gasteiger partial charge in [-0.05, 0) is 0 Å². The summed E-state index contributed by atoms with van der Waals surface area (Å²) in [6.45, 7) is 0. The van der Waals surface area contributed by atoms with Crippen LogP contribution in [-0.4, -0.2) is 14.2 Å². The number of hydrogen-bond acceptors (Lipinski definition) is 1. The summed E-state index contributed by atoms with van der Waals surface area (Å²) in [7, 11) is 3.25. The molecule has 0 fully saturated rings. The molecule has 0 saturated heterocycles.